The first-order valence-electron chi connectivity index (χ1n) is 34.9. The molecule has 0 bridgehead atoms. The highest BCUT2D eigenvalue weighted by Gasteiger charge is 2.19. The van der Waals surface area contributed by atoms with Crippen LogP contribution in [0.2, 0.25) is 0 Å². The van der Waals surface area contributed by atoms with Crippen molar-refractivity contribution in [3.8, 4) is 0 Å². The van der Waals surface area contributed by atoms with Gasteiger partial charge < -0.3 is 14.2 Å². The van der Waals surface area contributed by atoms with Gasteiger partial charge >= 0.3 is 17.9 Å². The SMILES string of the molecule is CC/C=C\C/C=C\C/C=C\C/C=C\CCCCCCCCCCC(=O)OC(COC(=O)CCCCCCC/C=C\C/C=C\CCCC)COC(=O)CCCCCCCCCCCCCCCCCCCCCCCCCCCCC. The maximum Gasteiger partial charge on any atom is 0.306 e. The van der Waals surface area contributed by atoms with E-state index in [9.17, 15) is 14.4 Å². The van der Waals surface area contributed by atoms with Gasteiger partial charge in [0.15, 0.2) is 6.10 Å². The summed E-state index contributed by atoms with van der Waals surface area (Å²) in [7, 11) is 0. The van der Waals surface area contributed by atoms with Crippen molar-refractivity contribution in [1.29, 1.82) is 0 Å². The molecule has 0 aliphatic carbocycles. The van der Waals surface area contributed by atoms with Crippen LogP contribution in [0.25, 0.3) is 0 Å². The first-order valence-corrected chi connectivity index (χ1v) is 34.9. The van der Waals surface area contributed by atoms with Gasteiger partial charge in [0.2, 0.25) is 0 Å². The fourth-order valence-electron chi connectivity index (χ4n) is 10.2. The van der Waals surface area contributed by atoms with Crippen LogP contribution in [0.5, 0.6) is 0 Å². The van der Waals surface area contributed by atoms with Gasteiger partial charge in [-0.15, -0.1) is 0 Å². The summed E-state index contributed by atoms with van der Waals surface area (Å²) in [6.07, 6.45) is 89.3. The number of ether oxygens (including phenoxy) is 3. The molecular weight excluding hydrogens is 985 g/mol. The van der Waals surface area contributed by atoms with Gasteiger partial charge in [-0.05, 0) is 83.5 Å². The predicted octanol–water partition coefficient (Wildman–Crippen LogP) is 24.1. The maximum absolute atomic E-state index is 12.9. The number of esters is 3. The van der Waals surface area contributed by atoms with Crippen molar-refractivity contribution in [2.45, 2.75) is 367 Å². The zero-order chi connectivity index (χ0) is 57.8. The summed E-state index contributed by atoms with van der Waals surface area (Å²) in [5.41, 5.74) is 0. The molecule has 0 amide bonds. The number of carbonyl (C=O) groups is 3. The molecule has 0 aromatic heterocycles. The highest BCUT2D eigenvalue weighted by molar-refractivity contribution is 5.71. The predicted molar refractivity (Wildman–Crippen MR) is 348 cm³/mol. The Bertz CT molecular complexity index is 1470. The minimum absolute atomic E-state index is 0.0801. The summed E-state index contributed by atoms with van der Waals surface area (Å²) in [5.74, 6) is -0.883. The fourth-order valence-corrected chi connectivity index (χ4v) is 10.2. The number of rotatable bonds is 64. The zero-order valence-electron chi connectivity index (χ0n) is 53.3. The van der Waals surface area contributed by atoms with E-state index in [1.807, 2.05) is 0 Å². The van der Waals surface area contributed by atoms with E-state index < -0.39 is 6.10 Å². The maximum atomic E-state index is 12.9. The molecule has 0 rings (SSSR count). The van der Waals surface area contributed by atoms with Gasteiger partial charge in [0.25, 0.3) is 0 Å². The van der Waals surface area contributed by atoms with Crippen molar-refractivity contribution in [2.24, 2.45) is 0 Å². The minimum atomic E-state index is -0.786. The average molecular weight is 1120 g/mol. The second kappa shape index (κ2) is 68.3. The Morgan fingerprint density at radius 3 is 0.800 bits per heavy atom. The van der Waals surface area contributed by atoms with Crippen LogP contribution in [-0.2, 0) is 28.6 Å². The lowest BCUT2D eigenvalue weighted by Gasteiger charge is -2.18. The topological polar surface area (TPSA) is 78.9 Å². The lowest BCUT2D eigenvalue weighted by atomic mass is 10.0. The van der Waals surface area contributed by atoms with Crippen LogP contribution in [0.4, 0.5) is 0 Å². The van der Waals surface area contributed by atoms with E-state index >= 15 is 0 Å². The molecule has 0 heterocycles. The molecule has 0 aromatic rings. The summed E-state index contributed by atoms with van der Waals surface area (Å²) in [4.78, 5) is 38.4. The van der Waals surface area contributed by atoms with Crippen LogP contribution >= 0.6 is 0 Å². The molecule has 0 N–H and O–H groups in total. The van der Waals surface area contributed by atoms with E-state index in [1.54, 1.807) is 0 Å². The number of carbonyl (C=O) groups excluding carboxylic acids is 3. The number of unbranched alkanes of at least 4 members (excludes halogenated alkanes) is 41. The number of hydrogen-bond acceptors (Lipinski definition) is 6. The molecule has 0 aliphatic heterocycles. The summed E-state index contributed by atoms with van der Waals surface area (Å²) in [6.45, 7) is 6.52. The molecule has 1 atom stereocenters. The van der Waals surface area contributed by atoms with Crippen LogP contribution in [0.3, 0.4) is 0 Å². The van der Waals surface area contributed by atoms with Crippen LogP contribution in [0.15, 0.2) is 72.9 Å². The van der Waals surface area contributed by atoms with Gasteiger partial charge in [0.05, 0.1) is 0 Å². The Labute approximate surface area is 497 Å². The molecule has 1 unspecified atom stereocenters. The van der Waals surface area contributed by atoms with E-state index in [0.29, 0.717) is 19.3 Å². The van der Waals surface area contributed by atoms with E-state index in [4.69, 9.17) is 14.2 Å². The Morgan fingerprint density at radius 2 is 0.500 bits per heavy atom. The third-order valence-electron chi connectivity index (χ3n) is 15.4. The van der Waals surface area contributed by atoms with E-state index in [2.05, 4.69) is 93.7 Å². The third kappa shape index (κ3) is 65.7. The Kier molecular flexibility index (Phi) is 65.7. The third-order valence-corrected chi connectivity index (χ3v) is 15.4. The number of allylic oxidation sites excluding steroid dienone is 12. The zero-order valence-corrected chi connectivity index (χ0v) is 53.3. The van der Waals surface area contributed by atoms with E-state index in [-0.39, 0.29) is 31.1 Å². The monoisotopic (exact) mass is 1120 g/mol. The summed E-state index contributed by atoms with van der Waals surface area (Å²) >= 11 is 0. The summed E-state index contributed by atoms with van der Waals surface area (Å²) in [6, 6.07) is 0. The van der Waals surface area contributed by atoms with Crippen LogP contribution in [-0.4, -0.2) is 37.2 Å². The molecule has 0 aromatic carbocycles. The van der Waals surface area contributed by atoms with Gasteiger partial charge in [0.1, 0.15) is 13.2 Å². The first-order chi connectivity index (χ1) is 39.5. The molecule has 0 saturated carbocycles. The van der Waals surface area contributed by atoms with Crippen LogP contribution < -0.4 is 0 Å². The van der Waals surface area contributed by atoms with Crippen molar-refractivity contribution >= 4 is 17.9 Å². The smallest absolute Gasteiger partial charge is 0.306 e. The first kappa shape index (κ1) is 76.9. The van der Waals surface area contributed by atoms with Gasteiger partial charge in [-0.25, -0.2) is 0 Å². The fraction of sp³-hybridized carbons (Fsp3) is 0.797. The molecule has 6 nitrogen and oxygen atoms in total. The average Bonchev–Trinajstić information content (AvgIpc) is 3.46. The molecule has 0 spiro atoms. The largest absolute Gasteiger partial charge is 0.462 e. The lowest BCUT2D eigenvalue weighted by Crippen LogP contribution is -2.30. The molecule has 80 heavy (non-hydrogen) atoms. The summed E-state index contributed by atoms with van der Waals surface area (Å²) < 4.78 is 17.0. The van der Waals surface area contributed by atoms with Gasteiger partial charge in [-0.1, -0.05) is 331 Å². The normalized spacial score (nSPS) is 12.5. The molecule has 0 fully saturated rings. The lowest BCUT2D eigenvalue weighted by molar-refractivity contribution is -0.167. The van der Waals surface area contributed by atoms with Gasteiger partial charge in [-0.3, -0.25) is 14.4 Å². The standard InChI is InChI=1S/C74H132O6/c1-4-7-10-13-16-19-22-25-28-30-32-34-35-36-37-38-39-41-42-44-46-49-52-55-58-61-64-67-73(76)79-70-71(69-78-72(75)66-63-60-57-54-51-48-27-24-21-18-15-12-9-6-3)80-74(77)68-65-62-59-56-53-50-47-45-43-40-33-31-29-26-23-20-17-14-11-8-5-2/h8,11,15,17-18,20,24,26-27,29,33,40,71H,4-7,9-10,12-14,16,19,21-23,25,28,30-32,34-39,41-70H2,1-3H3/b11-8-,18-15-,20-17-,27-24-,29-26-,40-33-. The van der Waals surface area contributed by atoms with Crippen LogP contribution in [0, 0.1) is 0 Å². The van der Waals surface area contributed by atoms with Gasteiger partial charge in [-0.2, -0.15) is 0 Å². The van der Waals surface area contributed by atoms with E-state index in [1.165, 1.54) is 212 Å². The van der Waals surface area contributed by atoms with Crippen molar-refractivity contribution in [2.75, 3.05) is 13.2 Å². The second-order valence-electron chi connectivity index (χ2n) is 23.4. The Morgan fingerprint density at radius 1 is 0.263 bits per heavy atom. The van der Waals surface area contributed by atoms with Crippen molar-refractivity contribution in [3.05, 3.63) is 72.9 Å². The molecule has 0 saturated heterocycles. The minimum Gasteiger partial charge on any atom is -0.462 e. The second-order valence-corrected chi connectivity index (χ2v) is 23.4. The van der Waals surface area contributed by atoms with Crippen molar-refractivity contribution in [3.63, 3.8) is 0 Å². The van der Waals surface area contributed by atoms with E-state index in [0.717, 1.165) is 109 Å². The van der Waals surface area contributed by atoms with Crippen molar-refractivity contribution < 1.29 is 28.6 Å². The number of hydrogen-bond donors (Lipinski definition) is 0. The highest BCUT2D eigenvalue weighted by atomic mass is 16.6. The quantitative estimate of drug-likeness (QED) is 0.0261. The molecule has 0 radical (unpaired) electrons. The van der Waals surface area contributed by atoms with Gasteiger partial charge in [0, 0.05) is 19.3 Å². The van der Waals surface area contributed by atoms with Crippen LogP contribution in [0.1, 0.15) is 361 Å². The molecule has 464 valence electrons. The highest BCUT2D eigenvalue weighted by Crippen LogP contribution is 2.18. The molecule has 6 heteroatoms. The summed E-state index contributed by atoms with van der Waals surface area (Å²) in [5, 5.41) is 0. The Balaban J connectivity index is 4.27. The molecule has 0 aliphatic rings. The Hall–Kier alpha value is -3.15. The molecular formula is C74H132O6. The van der Waals surface area contributed by atoms with Crippen molar-refractivity contribution in [1.82, 2.24) is 0 Å².